The third-order valence-corrected chi connectivity index (χ3v) is 4.74. The molecule has 0 fully saturated rings. The Morgan fingerprint density at radius 3 is 2.52 bits per heavy atom. The Morgan fingerprint density at radius 1 is 1.32 bits per heavy atom. The lowest BCUT2D eigenvalue weighted by molar-refractivity contribution is -0.116. The normalized spacial score (nSPS) is 11.5. The summed E-state index contributed by atoms with van der Waals surface area (Å²) in [7, 11) is -1.95. The topological polar surface area (TPSA) is 102 Å². The monoisotopic (exact) mass is 367 g/mol. The van der Waals surface area contributed by atoms with Crippen molar-refractivity contribution in [3.05, 3.63) is 41.7 Å². The molecule has 2 rings (SSSR count). The molecule has 0 aliphatic carbocycles. The molecule has 9 heteroatoms. The number of sulfonamides is 1. The Bertz CT molecular complexity index is 815. The number of anilines is 1. The van der Waals surface area contributed by atoms with Crippen LogP contribution in [0.2, 0.25) is 0 Å². The molecule has 0 radical (unpaired) electrons. The SMILES string of the molecule is COc1ccc(CCN(CC(=O)Nc2cc(C)on2)S(C)(=O)=O)cc1. The van der Waals surface area contributed by atoms with E-state index in [1.54, 1.807) is 32.2 Å². The zero-order valence-electron chi connectivity index (χ0n) is 14.4. The number of methoxy groups -OCH3 is 1. The van der Waals surface area contributed by atoms with E-state index in [2.05, 4.69) is 10.5 Å². The number of ether oxygens (including phenoxy) is 1. The summed E-state index contributed by atoms with van der Waals surface area (Å²) < 4.78 is 34.9. The van der Waals surface area contributed by atoms with Crippen LogP contribution in [-0.2, 0) is 21.2 Å². The third-order valence-electron chi connectivity index (χ3n) is 3.49. The van der Waals surface area contributed by atoms with Gasteiger partial charge in [-0.3, -0.25) is 4.79 Å². The van der Waals surface area contributed by atoms with Gasteiger partial charge in [0.05, 0.1) is 19.9 Å². The van der Waals surface area contributed by atoms with Gasteiger partial charge in [-0.05, 0) is 31.0 Å². The summed E-state index contributed by atoms with van der Waals surface area (Å²) in [5.41, 5.74) is 0.946. The predicted octanol–water partition coefficient (Wildman–Crippen LogP) is 1.43. The molecular weight excluding hydrogens is 346 g/mol. The maximum Gasteiger partial charge on any atom is 0.240 e. The van der Waals surface area contributed by atoms with Gasteiger partial charge in [-0.25, -0.2) is 8.42 Å². The maximum atomic E-state index is 12.1. The molecule has 1 aromatic heterocycles. The second kappa shape index (κ2) is 8.13. The fourth-order valence-corrected chi connectivity index (χ4v) is 2.95. The van der Waals surface area contributed by atoms with Crippen molar-refractivity contribution in [2.75, 3.05) is 31.8 Å². The third kappa shape index (κ3) is 5.87. The molecule has 1 amide bonds. The molecule has 0 aliphatic heterocycles. The Kier molecular flexibility index (Phi) is 6.16. The first-order valence-corrected chi connectivity index (χ1v) is 9.44. The number of aryl methyl sites for hydroxylation is 1. The lowest BCUT2D eigenvalue weighted by atomic mass is 10.1. The predicted molar refractivity (Wildman–Crippen MR) is 93.0 cm³/mol. The minimum Gasteiger partial charge on any atom is -0.497 e. The maximum absolute atomic E-state index is 12.1. The van der Waals surface area contributed by atoms with Crippen LogP contribution in [0, 0.1) is 6.92 Å². The highest BCUT2D eigenvalue weighted by atomic mass is 32.2. The van der Waals surface area contributed by atoms with E-state index in [-0.39, 0.29) is 18.9 Å². The Labute approximate surface area is 146 Å². The highest BCUT2D eigenvalue weighted by Crippen LogP contribution is 2.13. The van der Waals surface area contributed by atoms with Crippen LogP contribution in [0.3, 0.4) is 0 Å². The number of aromatic nitrogens is 1. The zero-order valence-corrected chi connectivity index (χ0v) is 15.2. The van der Waals surface area contributed by atoms with Crippen molar-refractivity contribution in [2.24, 2.45) is 0 Å². The van der Waals surface area contributed by atoms with E-state index < -0.39 is 15.9 Å². The first-order valence-electron chi connectivity index (χ1n) is 7.59. The summed E-state index contributed by atoms with van der Waals surface area (Å²) in [6, 6.07) is 8.88. The van der Waals surface area contributed by atoms with E-state index in [0.29, 0.717) is 12.2 Å². The summed E-state index contributed by atoms with van der Waals surface area (Å²) in [4.78, 5) is 12.1. The van der Waals surface area contributed by atoms with E-state index in [1.807, 2.05) is 12.1 Å². The molecule has 1 heterocycles. The Morgan fingerprint density at radius 2 is 2.00 bits per heavy atom. The van der Waals surface area contributed by atoms with Crippen LogP contribution in [0.4, 0.5) is 5.82 Å². The fourth-order valence-electron chi connectivity index (χ4n) is 2.18. The van der Waals surface area contributed by atoms with Crippen molar-refractivity contribution >= 4 is 21.7 Å². The van der Waals surface area contributed by atoms with Crippen LogP contribution < -0.4 is 10.1 Å². The van der Waals surface area contributed by atoms with Crippen LogP contribution in [0.1, 0.15) is 11.3 Å². The number of hydrogen-bond acceptors (Lipinski definition) is 6. The molecule has 1 N–H and O–H groups in total. The van der Waals surface area contributed by atoms with Crippen molar-refractivity contribution in [3.8, 4) is 5.75 Å². The summed E-state index contributed by atoms with van der Waals surface area (Å²) in [6.07, 6.45) is 1.56. The Balaban J connectivity index is 1.97. The van der Waals surface area contributed by atoms with E-state index in [0.717, 1.165) is 21.9 Å². The Hall–Kier alpha value is -2.39. The minimum atomic E-state index is -3.53. The molecule has 25 heavy (non-hydrogen) atoms. The van der Waals surface area contributed by atoms with E-state index in [1.165, 1.54) is 0 Å². The number of carbonyl (C=O) groups is 1. The smallest absolute Gasteiger partial charge is 0.240 e. The van der Waals surface area contributed by atoms with Crippen LogP contribution in [0.5, 0.6) is 5.75 Å². The largest absolute Gasteiger partial charge is 0.497 e. The quantitative estimate of drug-likeness (QED) is 0.757. The summed E-state index contributed by atoms with van der Waals surface area (Å²) in [6.45, 7) is 1.59. The number of nitrogens with one attached hydrogen (secondary N) is 1. The molecule has 8 nitrogen and oxygen atoms in total. The number of amides is 1. The first-order chi connectivity index (χ1) is 11.8. The number of nitrogens with zero attached hydrogens (tertiary/aromatic N) is 2. The second-order valence-corrected chi connectivity index (χ2v) is 7.55. The molecule has 0 bridgehead atoms. The molecule has 0 saturated carbocycles. The van der Waals surface area contributed by atoms with Crippen LogP contribution >= 0.6 is 0 Å². The molecule has 0 atom stereocenters. The molecular formula is C16H21N3O5S. The second-order valence-electron chi connectivity index (χ2n) is 5.57. The van der Waals surface area contributed by atoms with E-state index >= 15 is 0 Å². The van der Waals surface area contributed by atoms with Gasteiger partial charge in [0.25, 0.3) is 0 Å². The van der Waals surface area contributed by atoms with Crippen molar-refractivity contribution in [1.29, 1.82) is 0 Å². The van der Waals surface area contributed by atoms with E-state index in [4.69, 9.17) is 9.26 Å². The van der Waals surface area contributed by atoms with E-state index in [9.17, 15) is 13.2 Å². The van der Waals surface area contributed by atoms with Crippen LogP contribution in [0.25, 0.3) is 0 Å². The number of hydrogen-bond donors (Lipinski definition) is 1. The molecule has 2 aromatic rings. The number of carbonyl (C=O) groups excluding carboxylic acids is 1. The molecule has 0 aliphatic rings. The number of benzene rings is 1. The highest BCUT2D eigenvalue weighted by molar-refractivity contribution is 7.88. The van der Waals surface area contributed by atoms with Crippen LogP contribution in [-0.4, -0.2) is 50.2 Å². The van der Waals surface area contributed by atoms with Crippen molar-refractivity contribution < 1.29 is 22.5 Å². The van der Waals surface area contributed by atoms with Gasteiger partial charge >= 0.3 is 0 Å². The lowest BCUT2D eigenvalue weighted by Crippen LogP contribution is -2.38. The average molecular weight is 367 g/mol. The van der Waals surface area contributed by atoms with Crippen LogP contribution in [0.15, 0.2) is 34.9 Å². The first kappa shape index (κ1) is 18.9. The van der Waals surface area contributed by atoms with Gasteiger partial charge in [0.15, 0.2) is 5.82 Å². The van der Waals surface area contributed by atoms with Gasteiger partial charge < -0.3 is 14.6 Å². The summed E-state index contributed by atoms with van der Waals surface area (Å²) in [5.74, 6) is 1.06. The highest BCUT2D eigenvalue weighted by Gasteiger charge is 2.20. The molecule has 1 aromatic carbocycles. The van der Waals surface area contributed by atoms with Crippen molar-refractivity contribution in [2.45, 2.75) is 13.3 Å². The fraction of sp³-hybridized carbons (Fsp3) is 0.375. The van der Waals surface area contributed by atoms with Crippen molar-refractivity contribution in [1.82, 2.24) is 9.46 Å². The van der Waals surface area contributed by atoms with Crippen molar-refractivity contribution in [3.63, 3.8) is 0 Å². The molecule has 0 unspecified atom stereocenters. The summed E-state index contributed by atoms with van der Waals surface area (Å²) in [5, 5.41) is 6.16. The van der Waals surface area contributed by atoms with Gasteiger partial charge in [-0.1, -0.05) is 17.3 Å². The number of rotatable bonds is 8. The molecule has 0 saturated heterocycles. The van der Waals surface area contributed by atoms with Gasteiger partial charge in [-0.2, -0.15) is 4.31 Å². The minimum absolute atomic E-state index is 0.191. The van der Waals surface area contributed by atoms with Gasteiger partial charge in [0, 0.05) is 12.6 Å². The van der Waals surface area contributed by atoms with Gasteiger partial charge in [-0.15, -0.1) is 0 Å². The lowest BCUT2D eigenvalue weighted by Gasteiger charge is -2.19. The van der Waals surface area contributed by atoms with Gasteiger partial charge in [0.1, 0.15) is 11.5 Å². The average Bonchev–Trinajstić information content (AvgIpc) is 2.95. The molecule has 0 spiro atoms. The molecule has 136 valence electrons. The van der Waals surface area contributed by atoms with Gasteiger partial charge in [0.2, 0.25) is 15.9 Å². The standard InChI is InChI=1S/C16H21N3O5S/c1-12-10-15(18-24-12)17-16(20)11-19(25(3,21)22)9-8-13-4-6-14(23-2)7-5-13/h4-7,10H,8-9,11H2,1-3H3,(H,17,18,20). The summed E-state index contributed by atoms with van der Waals surface area (Å²) >= 11 is 0. The zero-order chi connectivity index (χ0) is 18.4.